The van der Waals surface area contributed by atoms with Crippen LogP contribution in [0.1, 0.15) is 13.3 Å². The van der Waals surface area contributed by atoms with Crippen LogP contribution < -0.4 is 0 Å². The van der Waals surface area contributed by atoms with Crippen LogP contribution in [0.4, 0.5) is 0 Å². The summed E-state index contributed by atoms with van der Waals surface area (Å²) in [6.45, 7) is 1.86. The monoisotopic (exact) mass is 181 g/mol. The summed E-state index contributed by atoms with van der Waals surface area (Å²) in [6, 6.07) is 0. The molecule has 0 radical (unpaired) electrons. The van der Waals surface area contributed by atoms with Gasteiger partial charge in [-0.15, -0.1) is 0 Å². The minimum atomic E-state index is -0.0105. The van der Waals surface area contributed by atoms with Crippen molar-refractivity contribution < 1.29 is 4.79 Å². The SMILES string of the molecule is CC1=NN2C(=N)CC(=O)C=C2S1. The fourth-order valence-corrected chi connectivity index (χ4v) is 1.97. The fourth-order valence-electron chi connectivity index (χ4n) is 1.12. The molecule has 0 saturated carbocycles. The maximum Gasteiger partial charge on any atom is 0.165 e. The summed E-state index contributed by atoms with van der Waals surface area (Å²) in [7, 11) is 0. The van der Waals surface area contributed by atoms with Gasteiger partial charge < -0.3 is 0 Å². The van der Waals surface area contributed by atoms with Crippen LogP contribution in [0.25, 0.3) is 0 Å². The molecular formula is C7H7N3OS. The predicted molar refractivity (Wildman–Crippen MR) is 48.0 cm³/mol. The van der Waals surface area contributed by atoms with Crippen molar-refractivity contribution in [2.75, 3.05) is 0 Å². The molecule has 0 bridgehead atoms. The highest BCUT2D eigenvalue weighted by molar-refractivity contribution is 8.17. The topological polar surface area (TPSA) is 56.5 Å². The lowest BCUT2D eigenvalue weighted by Gasteiger charge is -2.18. The number of amidine groups is 1. The van der Waals surface area contributed by atoms with Gasteiger partial charge in [-0.2, -0.15) is 5.10 Å². The summed E-state index contributed by atoms with van der Waals surface area (Å²) in [5, 5.41) is 14.7. The average molecular weight is 181 g/mol. The van der Waals surface area contributed by atoms with Crippen molar-refractivity contribution in [3.8, 4) is 0 Å². The fraction of sp³-hybridized carbons (Fsp3) is 0.286. The third kappa shape index (κ3) is 1.06. The first kappa shape index (κ1) is 7.54. The van der Waals surface area contributed by atoms with Gasteiger partial charge >= 0.3 is 0 Å². The molecule has 0 fully saturated rings. The molecule has 2 heterocycles. The van der Waals surface area contributed by atoms with Gasteiger partial charge in [0.15, 0.2) is 5.78 Å². The van der Waals surface area contributed by atoms with E-state index in [1.54, 1.807) is 6.08 Å². The molecular weight excluding hydrogens is 174 g/mol. The summed E-state index contributed by atoms with van der Waals surface area (Å²) in [5.41, 5.74) is 0. The number of hydrazone groups is 1. The van der Waals surface area contributed by atoms with Crippen LogP contribution in [0.2, 0.25) is 0 Å². The number of fused-ring (bicyclic) bond motifs is 1. The zero-order valence-electron chi connectivity index (χ0n) is 6.50. The van der Waals surface area contributed by atoms with Gasteiger partial charge in [0.25, 0.3) is 0 Å². The molecule has 2 rings (SSSR count). The number of allylic oxidation sites excluding steroid dienone is 1. The molecule has 0 spiro atoms. The zero-order chi connectivity index (χ0) is 8.72. The molecule has 0 atom stereocenters. The standard InChI is InChI=1S/C7H7N3OS/c1-4-9-10-6(8)2-5(11)3-7(10)12-4/h3,8H,2H2,1H3. The summed E-state index contributed by atoms with van der Waals surface area (Å²) >= 11 is 1.43. The first-order valence-electron chi connectivity index (χ1n) is 3.52. The Balaban J connectivity index is 2.39. The molecule has 2 aliphatic heterocycles. The number of carbonyl (C=O) groups excluding carboxylic acids is 1. The van der Waals surface area contributed by atoms with Crippen molar-refractivity contribution in [1.29, 1.82) is 5.41 Å². The summed E-state index contributed by atoms with van der Waals surface area (Å²) in [4.78, 5) is 11.0. The molecule has 0 unspecified atom stereocenters. The lowest BCUT2D eigenvalue weighted by atomic mass is 10.2. The maximum absolute atomic E-state index is 11.0. The quantitative estimate of drug-likeness (QED) is 0.610. The number of thioether (sulfide) groups is 1. The Morgan fingerprint density at radius 1 is 1.75 bits per heavy atom. The Morgan fingerprint density at radius 2 is 2.50 bits per heavy atom. The number of nitrogens with one attached hydrogen (secondary N) is 1. The molecule has 0 aromatic carbocycles. The Hall–Kier alpha value is -1.10. The van der Waals surface area contributed by atoms with E-state index in [1.807, 2.05) is 6.92 Å². The average Bonchev–Trinajstić information content (AvgIpc) is 2.29. The van der Waals surface area contributed by atoms with Crippen LogP contribution >= 0.6 is 11.8 Å². The number of rotatable bonds is 0. The van der Waals surface area contributed by atoms with Gasteiger partial charge in [0.2, 0.25) is 0 Å². The smallest absolute Gasteiger partial charge is 0.165 e. The number of nitrogens with zero attached hydrogens (tertiary/aromatic N) is 2. The molecule has 5 heteroatoms. The molecule has 1 N–H and O–H groups in total. The molecule has 0 aliphatic carbocycles. The summed E-state index contributed by atoms with van der Waals surface area (Å²) in [6.07, 6.45) is 1.71. The van der Waals surface area contributed by atoms with E-state index in [-0.39, 0.29) is 18.0 Å². The third-order valence-electron chi connectivity index (χ3n) is 1.58. The van der Waals surface area contributed by atoms with E-state index < -0.39 is 0 Å². The Labute approximate surface area is 73.8 Å². The van der Waals surface area contributed by atoms with E-state index in [0.29, 0.717) is 0 Å². The van der Waals surface area contributed by atoms with Gasteiger partial charge in [-0.05, 0) is 6.92 Å². The molecule has 0 aromatic heterocycles. The second-order valence-electron chi connectivity index (χ2n) is 2.61. The first-order chi connectivity index (χ1) is 5.66. The second kappa shape index (κ2) is 2.45. The third-order valence-corrected chi connectivity index (χ3v) is 2.46. The minimum Gasteiger partial charge on any atom is -0.294 e. The number of hydrogen-bond donors (Lipinski definition) is 1. The van der Waals surface area contributed by atoms with E-state index in [0.717, 1.165) is 10.1 Å². The van der Waals surface area contributed by atoms with Crippen molar-refractivity contribution in [3.05, 3.63) is 11.1 Å². The van der Waals surface area contributed by atoms with E-state index in [9.17, 15) is 4.79 Å². The largest absolute Gasteiger partial charge is 0.294 e. The van der Waals surface area contributed by atoms with Crippen molar-refractivity contribution in [3.63, 3.8) is 0 Å². The van der Waals surface area contributed by atoms with Crippen LogP contribution in [0.3, 0.4) is 0 Å². The van der Waals surface area contributed by atoms with Crippen molar-refractivity contribution in [1.82, 2.24) is 5.01 Å². The first-order valence-corrected chi connectivity index (χ1v) is 4.33. The van der Waals surface area contributed by atoms with Gasteiger partial charge in [0.05, 0.1) is 11.5 Å². The zero-order valence-corrected chi connectivity index (χ0v) is 7.31. The molecule has 12 heavy (non-hydrogen) atoms. The number of carbonyl (C=O) groups is 1. The second-order valence-corrected chi connectivity index (χ2v) is 3.82. The molecule has 2 aliphatic rings. The highest BCUT2D eigenvalue weighted by Gasteiger charge is 2.28. The lowest BCUT2D eigenvalue weighted by molar-refractivity contribution is -0.113. The summed E-state index contributed by atoms with van der Waals surface area (Å²) < 4.78 is 0. The molecule has 62 valence electrons. The number of hydrogen-bond acceptors (Lipinski definition) is 4. The lowest BCUT2D eigenvalue weighted by Crippen LogP contribution is -2.27. The highest BCUT2D eigenvalue weighted by Crippen LogP contribution is 2.32. The normalized spacial score (nSPS) is 22.2. The van der Waals surface area contributed by atoms with E-state index in [2.05, 4.69) is 5.10 Å². The van der Waals surface area contributed by atoms with Crippen LogP contribution in [-0.4, -0.2) is 21.7 Å². The van der Waals surface area contributed by atoms with Gasteiger partial charge in [-0.3, -0.25) is 10.2 Å². The van der Waals surface area contributed by atoms with E-state index in [1.165, 1.54) is 16.8 Å². The molecule has 0 saturated heterocycles. The van der Waals surface area contributed by atoms with Crippen molar-refractivity contribution in [2.24, 2.45) is 5.10 Å². The van der Waals surface area contributed by atoms with Gasteiger partial charge in [-0.25, -0.2) is 5.01 Å². The minimum absolute atomic E-state index is 0.0105. The van der Waals surface area contributed by atoms with E-state index in [4.69, 9.17) is 5.41 Å². The molecule has 4 nitrogen and oxygen atoms in total. The van der Waals surface area contributed by atoms with Crippen LogP contribution in [0.15, 0.2) is 16.2 Å². The van der Waals surface area contributed by atoms with Crippen molar-refractivity contribution >= 4 is 28.4 Å². The van der Waals surface area contributed by atoms with Crippen LogP contribution in [0.5, 0.6) is 0 Å². The predicted octanol–water partition coefficient (Wildman–Crippen LogP) is 1.16. The Morgan fingerprint density at radius 3 is 3.25 bits per heavy atom. The van der Waals surface area contributed by atoms with Crippen LogP contribution in [-0.2, 0) is 4.79 Å². The van der Waals surface area contributed by atoms with E-state index >= 15 is 0 Å². The van der Waals surface area contributed by atoms with Gasteiger partial charge in [-0.1, -0.05) is 11.8 Å². The van der Waals surface area contributed by atoms with Crippen LogP contribution in [0, 0.1) is 5.41 Å². The highest BCUT2D eigenvalue weighted by atomic mass is 32.2. The Kier molecular flexibility index (Phi) is 1.54. The number of ketones is 1. The van der Waals surface area contributed by atoms with Gasteiger partial charge in [0, 0.05) is 6.08 Å². The maximum atomic E-state index is 11.0. The summed E-state index contributed by atoms with van der Waals surface area (Å²) in [5.74, 6) is 0.255. The van der Waals surface area contributed by atoms with Gasteiger partial charge in [0.1, 0.15) is 10.9 Å². The Bertz CT molecular complexity index is 332. The molecule has 0 aromatic rings. The molecule has 0 amide bonds. The van der Waals surface area contributed by atoms with Crippen molar-refractivity contribution in [2.45, 2.75) is 13.3 Å².